The minimum atomic E-state index is -1.02. The molecule has 8 nitrogen and oxygen atoms in total. The van der Waals surface area contributed by atoms with Crippen LogP contribution in [0.25, 0.3) is 11.3 Å². The maximum Gasteiger partial charge on any atom is 0.354 e. The fourth-order valence-electron chi connectivity index (χ4n) is 6.08. The highest BCUT2D eigenvalue weighted by molar-refractivity contribution is 5.85. The van der Waals surface area contributed by atoms with Crippen LogP contribution in [-0.2, 0) is 11.3 Å². The minimum Gasteiger partial charge on any atom is -0.477 e. The third-order valence-corrected chi connectivity index (χ3v) is 7.93. The molecule has 6 rings (SSSR count). The summed E-state index contributed by atoms with van der Waals surface area (Å²) in [4.78, 5) is 22.7. The molecule has 8 heteroatoms. The summed E-state index contributed by atoms with van der Waals surface area (Å²) in [6.07, 6.45) is 6.24. The number of carbonyl (C=O) groups is 1. The van der Waals surface area contributed by atoms with Crippen molar-refractivity contribution < 1.29 is 19.2 Å². The lowest BCUT2D eigenvalue weighted by atomic mass is 9.96. The first-order chi connectivity index (χ1) is 17.4. The largest absolute Gasteiger partial charge is 0.477 e. The Morgan fingerprint density at radius 3 is 2.42 bits per heavy atom. The standard InChI is InChI=1S/C28H32N4O4/c1-15-5-4-6-16(2)24(15)25-22(26(36-31-25)18-7-8-18)14-35-21-12-19-9-10-20(13-21)32(19)28-29-17(3)11-23(30-28)27(33)34/h4-6,11,18-21H,7-10,12-14H2,1-3H3,(H,33,34)/t19-,20+,21+. The number of nitrogens with zero attached hydrogens (tertiary/aromatic N) is 4. The molecule has 3 fully saturated rings. The second-order valence-electron chi connectivity index (χ2n) is 10.6. The van der Waals surface area contributed by atoms with Crippen molar-refractivity contribution in [1.29, 1.82) is 0 Å². The highest BCUT2D eigenvalue weighted by Gasteiger charge is 2.43. The van der Waals surface area contributed by atoms with Crippen LogP contribution in [0.2, 0.25) is 0 Å². The Bertz CT molecular complexity index is 1280. The van der Waals surface area contributed by atoms with E-state index in [-0.39, 0.29) is 23.9 Å². The van der Waals surface area contributed by atoms with Gasteiger partial charge in [-0.15, -0.1) is 0 Å². The molecule has 36 heavy (non-hydrogen) atoms. The SMILES string of the molecule is Cc1cc(C(=O)O)nc(N2[C@@H]3CC[C@H]2C[C@@H](OCc2c(-c4c(C)cccc4C)noc2C2CC2)C3)n1. The third-order valence-electron chi connectivity index (χ3n) is 7.93. The van der Waals surface area contributed by atoms with Crippen molar-refractivity contribution in [2.24, 2.45) is 0 Å². The first kappa shape index (κ1) is 23.2. The monoisotopic (exact) mass is 488 g/mol. The summed E-state index contributed by atoms with van der Waals surface area (Å²) in [6, 6.07) is 8.34. The number of aromatic carboxylic acids is 1. The molecule has 4 heterocycles. The van der Waals surface area contributed by atoms with Crippen molar-refractivity contribution >= 4 is 11.9 Å². The Morgan fingerprint density at radius 1 is 1.08 bits per heavy atom. The molecule has 0 amide bonds. The Hall–Kier alpha value is -3.26. The topological polar surface area (TPSA) is 102 Å². The molecule has 3 atom stereocenters. The Balaban J connectivity index is 1.21. The van der Waals surface area contributed by atoms with Gasteiger partial charge in [-0.2, -0.15) is 0 Å². The second kappa shape index (κ2) is 9.00. The average molecular weight is 489 g/mol. The molecule has 1 N–H and O–H groups in total. The van der Waals surface area contributed by atoms with Crippen molar-refractivity contribution in [2.45, 2.75) is 90.0 Å². The molecule has 188 valence electrons. The van der Waals surface area contributed by atoms with Crippen molar-refractivity contribution in [2.75, 3.05) is 4.90 Å². The molecule has 3 aromatic rings. The average Bonchev–Trinajstić information content (AvgIpc) is 3.54. The van der Waals surface area contributed by atoms with Crippen LogP contribution in [0, 0.1) is 20.8 Å². The number of aromatic nitrogens is 3. The maximum atomic E-state index is 11.5. The zero-order valence-corrected chi connectivity index (χ0v) is 21.0. The van der Waals surface area contributed by atoms with E-state index >= 15 is 0 Å². The lowest BCUT2D eigenvalue weighted by Crippen LogP contribution is -2.46. The van der Waals surface area contributed by atoms with E-state index < -0.39 is 5.97 Å². The molecule has 0 spiro atoms. The summed E-state index contributed by atoms with van der Waals surface area (Å²) in [5.41, 5.74) is 6.27. The van der Waals surface area contributed by atoms with Gasteiger partial charge in [0.05, 0.1) is 12.7 Å². The maximum absolute atomic E-state index is 11.5. The van der Waals surface area contributed by atoms with E-state index in [1.807, 2.05) is 6.92 Å². The number of carboxylic acids is 1. The van der Waals surface area contributed by atoms with E-state index in [9.17, 15) is 9.90 Å². The lowest BCUT2D eigenvalue weighted by Gasteiger charge is -2.39. The molecule has 1 aliphatic carbocycles. The van der Waals surface area contributed by atoms with E-state index in [4.69, 9.17) is 9.26 Å². The number of ether oxygens (including phenoxy) is 1. The Kier molecular flexibility index (Phi) is 5.79. The highest BCUT2D eigenvalue weighted by Crippen LogP contribution is 2.45. The van der Waals surface area contributed by atoms with Crippen LogP contribution in [0.3, 0.4) is 0 Å². The van der Waals surface area contributed by atoms with Crippen molar-refractivity contribution in [3.63, 3.8) is 0 Å². The number of carboxylic acid groups (broad SMARTS) is 1. The number of benzene rings is 1. The van der Waals surface area contributed by atoms with Crippen LogP contribution in [0.1, 0.15) is 83.1 Å². The Labute approximate surface area is 210 Å². The van der Waals surface area contributed by atoms with Gasteiger partial charge in [-0.3, -0.25) is 0 Å². The van der Waals surface area contributed by atoms with Gasteiger partial charge in [-0.25, -0.2) is 14.8 Å². The molecule has 2 bridgehead atoms. The normalized spacial score (nSPS) is 23.3. The lowest BCUT2D eigenvalue weighted by molar-refractivity contribution is 0.0144. The van der Waals surface area contributed by atoms with Gasteiger partial charge in [0.15, 0.2) is 5.69 Å². The summed E-state index contributed by atoms with van der Waals surface area (Å²) in [7, 11) is 0. The summed E-state index contributed by atoms with van der Waals surface area (Å²) >= 11 is 0. The zero-order chi connectivity index (χ0) is 25.0. The van der Waals surface area contributed by atoms with Crippen LogP contribution in [0.4, 0.5) is 5.95 Å². The number of hydrogen-bond donors (Lipinski definition) is 1. The van der Waals surface area contributed by atoms with E-state index in [2.05, 4.69) is 52.1 Å². The summed E-state index contributed by atoms with van der Waals surface area (Å²) in [5.74, 6) is 0.953. The van der Waals surface area contributed by atoms with Crippen molar-refractivity contribution in [1.82, 2.24) is 15.1 Å². The molecule has 2 aromatic heterocycles. The first-order valence-electron chi connectivity index (χ1n) is 12.9. The van der Waals surface area contributed by atoms with Gasteiger partial charge in [-0.05, 0) is 76.5 Å². The third kappa shape index (κ3) is 4.17. The molecule has 0 unspecified atom stereocenters. The molecule has 2 aliphatic heterocycles. The van der Waals surface area contributed by atoms with E-state index in [1.165, 1.54) is 17.2 Å². The van der Waals surface area contributed by atoms with Crippen LogP contribution in [0.5, 0.6) is 0 Å². The van der Waals surface area contributed by atoms with Crippen LogP contribution in [0.15, 0.2) is 28.8 Å². The summed E-state index contributed by atoms with van der Waals surface area (Å²) in [6.45, 7) is 6.55. The fraction of sp³-hybridized carbons (Fsp3) is 0.500. The molecule has 1 aromatic carbocycles. The minimum absolute atomic E-state index is 0.0503. The number of fused-ring (bicyclic) bond motifs is 2. The Morgan fingerprint density at radius 2 is 1.78 bits per heavy atom. The fourth-order valence-corrected chi connectivity index (χ4v) is 6.08. The number of piperidine rings is 1. The van der Waals surface area contributed by atoms with Crippen LogP contribution < -0.4 is 4.90 Å². The van der Waals surface area contributed by atoms with Crippen LogP contribution in [-0.4, -0.2) is 44.4 Å². The van der Waals surface area contributed by atoms with Gasteiger partial charge >= 0.3 is 5.97 Å². The summed E-state index contributed by atoms with van der Waals surface area (Å²) < 4.78 is 12.5. The van der Waals surface area contributed by atoms with Gasteiger partial charge in [0.25, 0.3) is 0 Å². The highest BCUT2D eigenvalue weighted by atomic mass is 16.5. The predicted molar refractivity (Wildman–Crippen MR) is 134 cm³/mol. The van der Waals surface area contributed by atoms with Gasteiger partial charge in [-0.1, -0.05) is 23.4 Å². The first-order valence-corrected chi connectivity index (χ1v) is 12.9. The molecular formula is C28H32N4O4. The molecular weight excluding hydrogens is 456 g/mol. The number of aryl methyl sites for hydroxylation is 3. The molecule has 3 aliphatic rings. The quantitative estimate of drug-likeness (QED) is 0.475. The van der Waals surface area contributed by atoms with Gasteiger partial charge in [0.1, 0.15) is 11.5 Å². The van der Waals surface area contributed by atoms with Crippen LogP contribution >= 0.6 is 0 Å². The van der Waals surface area contributed by atoms with E-state index in [0.717, 1.165) is 61.1 Å². The van der Waals surface area contributed by atoms with Gasteiger partial charge in [0, 0.05) is 34.8 Å². The zero-order valence-electron chi connectivity index (χ0n) is 21.0. The molecule has 0 radical (unpaired) electrons. The predicted octanol–water partition coefficient (Wildman–Crippen LogP) is 5.35. The molecule has 2 saturated heterocycles. The molecule has 1 saturated carbocycles. The number of rotatable bonds is 7. The van der Waals surface area contributed by atoms with Crippen molar-refractivity contribution in [3.8, 4) is 11.3 Å². The smallest absolute Gasteiger partial charge is 0.354 e. The summed E-state index contributed by atoms with van der Waals surface area (Å²) in [5, 5.41) is 14.0. The number of hydrogen-bond acceptors (Lipinski definition) is 7. The van der Waals surface area contributed by atoms with E-state index in [0.29, 0.717) is 24.2 Å². The van der Waals surface area contributed by atoms with Gasteiger partial charge in [0.2, 0.25) is 5.95 Å². The van der Waals surface area contributed by atoms with Gasteiger partial charge < -0.3 is 19.3 Å². The second-order valence-corrected chi connectivity index (χ2v) is 10.6. The van der Waals surface area contributed by atoms with E-state index in [1.54, 1.807) is 0 Å². The van der Waals surface area contributed by atoms with Crippen molar-refractivity contribution in [3.05, 3.63) is 58.1 Å². The number of anilines is 1.